The summed E-state index contributed by atoms with van der Waals surface area (Å²) >= 11 is 4.64. The molecule has 198 valence electrons. The molecule has 33 heavy (non-hydrogen) atoms. The van der Waals surface area contributed by atoms with Crippen LogP contribution in [0, 0.1) is 0 Å². The molecule has 1 aliphatic heterocycles. The van der Waals surface area contributed by atoms with Crippen molar-refractivity contribution in [1.82, 2.24) is 4.90 Å². The van der Waals surface area contributed by atoms with Gasteiger partial charge in [-0.1, -0.05) is 32.9 Å². The van der Waals surface area contributed by atoms with Crippen molar-refractivity contribution in [2.24, 2.45) is 0 Å². The average molecular weight is 498 g/mol. The van der Waals surface area contributed by atoms with Gasteiger partial charge in [0.15, 0.2) is 0 Å². The molecule has 0 unspecified atom stereocenters. The Hall–Kier alpha value is -1.29. The molecule has 1 heterocycles. The summed E-state index contributed by atoms with van der Waals surface area (Å²) in [5, 5.41) is 7.77. The van der Waals surface area contributed by atoms with Gasteiger partial charge in [0.25, 0.3) is 0 Å². The van der Waals surface area contributed by atoms with Crippen LogP contribution in [0.1, 0.15) is 47.5 Å². The van der Waals surface area contributed by atoms with Crippen LogP contribution >= 0.6 is 11.6 Å². The Balaban J connectivity index is -0.000000165. The van der Waals surface area contributed by atoms with E-state index in [9.17, 15) is 9.59 Å². The number of ether oxygens (including phenoxy) is 4. The molecule has 0 saturated carbocycles. The summed E-state index contributed by atoms with van der Waals surface area (Å²) < 4.78 is 19.2. The Kier molecular flexibility index (Phi) is 44.8. The molecule has 0 spiro atoms. The van der Waals surface area contributed by atoms with Gasteiger partial charge in [0.2, 0.25) is 5.24 Å². The van der Waals surface area contributed by atoms with Crippen molar-refractivity contribution < 1.29 is 33.6 Å². The quantitative estimate of drug-likeness (QED) is 0.188. The molecule has 1 N–H and O–H groups in total. The van der Waals surface area contributed by atoms with E-state index in [4.69, 9.17) is 19.3 Å². The third-order valence-electron chi connectivity index (χ3n) is 3.41. The zero-order valence-electron chi connectivity index (χ0n) is 21.5. The predicted octanol–water partition coefficient (Wildman–Crippen LogP) is 3.85. The Morgan fingerprint density at radius 2 is 1.36 bits per heavy atom. The maximum Gasteiger partial charge on any atom is 0.302 e. The second kappa shape index (κ2) is 38.0. The van der Waals surface area contributed by atoms with Gasteiger partial charge in [0.05, 0.1) is 33.0 Å². The van der Waals surface area contributed by atoms with Gasteiger partial charge in [-0.25, -0.2) is 0 Å². The SMILES string of the molecule is C1CCOC1.C=CCOCCO.C=CCOCCOC(C)=O.CC(=O)Cl.CCN(CC)CC. The van der Waals surface area contributed by atoms with Crippen LogP contribution in [0.15, 0.2) is 25.3 Å². The Morgan fingerprint density at radius 3 is 1.61 bits per heavy atom. The fourth-order valence-electron chi connectivity index (χ4n) is 1.82. The van der Waals surface area contributed by atoms with Gasteiger partial charge in [-0.05, 0) is 44.1 Å². The van der Waals surface area contributed by atoms with E-state index in [-0.39, 0.29) is 17.8 Å². The lowest BCUT2D eigenvalue weighted by Gasteiger charge is -2.13. The molecule has 0 amide bonds. The van der Waals surface area contributed by atoms with Gasteiger partial charge < -0.3 is 29.0 Å². The van der Waals surface area contributed by atoms with E-state index in [1.165, 1.54) is 46.3 Å². The smallest absolute Gasteiger partial charge is 0.302 e. The second-order valence-corrected chi connectivity index (χ2v) is 6.73. The minimum atomic E-state index is -0.361. The number of carbonyl (C=O) groups excluding carboxylic acids is 2. The van der Waals surface area contributed by atoms with Crippen molar-refractivity contribution in [2.75, 3.05) is 72.5 Å². The van der Waals surface area contributed by atoms with E-state index in [1.807, 2.05) is 0 Å². The summed E-state index contributed by atoms with van der Waals surface area (Å²) in [5.74, 6) is -0.276. The molecule has 0 aromatic heterocycles. The molecular formula is C24H48ClNO7. The number of aliphatic hydroxyl groups excluding tert-OH is 1. The summed E-state index contributed by atoms with van der Waals surface area (Å²) in [6, 6.07) is 0. The first kappa shape index (κ1) is 38.9. The van der Waals surface area contributed by atoms with Crippen molar-refractivity contribution in [3.8, 4) is 0 Å². The van der Waals surface area contributed by atoms with Crippen LogP contribution < -0.4 is 0 Å². The van der Waals surface area contributed by atoms with Gasteiger partial charge in [0, 0.05) is 27.1 Å². The van der Waals surface area contributed by atoms with Crippen LogP contribution in [0.3, 0.4) is 0 Å². The lowest BCUT2D eigenvalue weighted by atomic mass is 10.4. The van der Waals surface area contributed by atoms with Crippen molar-refractivity contribution in [3.63, 3.8) is 0 Å². The van der Waals surface area contributed by atoms with Crippen molar-refractivity contribution in [1.29, 1.82) is 0 Å². The summed E-state index contributed by atoms with van der Waals surface area (Å²) in [7, 11) is 0. The highest BCUT2D eigenvalue weighted by Gasteiger charge is 1.94. The van der Waals surface area contributed by atoms with E-state index in [1.54, 1.807) is 12.2 Å². The highest BCUT2D eigenvalue weighted by Crippen LogP contribution is 1.98. The zero-order valence-corrected chi connectivity index (χ0v) is 22.2. The second-order valence-electron chi connectivity index (χ2n) is 6.20. The van der Waals surface area contributed by atoms with E-state index in [0.29, 0.717) is 33.0 Å². The Labute approximate surface area is 206 Å². The van der Waals surface area contributed by atoms with Gasteiger partial charge >= 0.3 is 5.97 Å². The summed E-state index contributed by atoms with van der Waals surface area (Å²) in [6.07, 6.45) is 5.85. The number of aliphatic hydroxyl groups is 1. The minimum Gasteiger partial charge on any atom is -0.463 e. The monoisotopic (exact) mass is 497 g/mol. The number of rotatable bonds is 12. The predicted molar refractivity (Wildman–Crippen MR) is 136 cm³/mol. The van der Waals surface area contributed by atoms with E-state index >= 15 is 0 Å². The van der Waals surface area contributed by atoms with Crippen LogP contribution in [0.25, 0.3) is 0 Å². The summed E-state index contributed by atoms with van der Waals surface area (Å²) in [6.45, 7) is 24.0. The topological polar surface area (TPSA) is 94.5 Å². The molecular weight excluding hydrogens is 450 g/mol. The summed E-state index contributed by atoms with van der Waals surface area (Å²) in [5.41, 5.74) is 0. The maximum atomic E-state index is 10.2. The molecule has 1 fully saturated rings. The number of nitrogens with zero attached hydrogens (tertiary/aromatic N) is 1. The molecule has 0 aromatic rings. The molecule has 8 nitrogen and oxygen atoms in total. The first-order valence-electron chi connectivity index (χ1n) is 11.3. The molecule has 0 bridgehead atoms. The number of hydrogen-bond acceptors (Lipinski definition) is 8. The van der Waals surface area contributed by atoms with E-state index in [0.717, 1.165) is 13.2 Å². The Morgan fingerprint density at radius 1 is 0.939 bits per heavy atom. The fourth-order valence-corrected chi connectivity index (χ4v) is 1.82. The fraction of sp³-hybridized carbons (Fsp3) is 0.750. The van der Waals surface area contributed by atoms with Crippen LogP contribution in [0.2, 0.25) is 0 Å². The molecule has 0 aromatic carbocycles. The third-order valence-corrected chi connectivity index (χ3v) is 3.41. The molecule has 0 atom stereocenters. The zero-order chi connectivity index (χ0) is 26.2. The standard InChI is InChI=1S/C7H12O3.C6H15N.C5H10O2.C4H8O.C2H3ClO/c1-3-4-9-5-6-10-7(2)8;1-4-7(5-2)6-3;1-2-4-7-5-3-6;1-2-4-5-3-1;1-2(3)4/h3H,1,4-6H2,2H3;4-6H2,1-3H3;2,6H,1,3-5H2;1-4H2;1H3. The minimum absolute atomic E-state index is 0.0911. The summed E-state index contributed by atoms with van der Waals surface area (Å²) in [4.78, 5) is 21.8. The number of esters is 1. The van der Waals surface area contributed by atoms with Crippen LogP contribution in [-0.4, -0.2) is 93.7 Å². The van der Waals surface area contributed by atoms with Crippen LogP contribution in [0.4, 0.5) is 0 Å². The van der Waals surface area contributed by atoms with Gasteiger partial charge in [0.1, 0.15) is 6.61 Å². The largest absolute Gasteiger partial charge is 0.463 e. The molecule has 1 rings (SSSR count). The van der Waals surface area contributed by atoms with E-state index in [2.05, 4.69) is 55.2 Å². The normalized spacial score (nSPS) is 11.2. The molecule has 1 saturated heterocycles. The molecule has 0 aliphatic carbocycles. The van der Waals surface area contributed by atoms with Gasteiger partial charge in [-0.2, -0.15) is 0 Å². The van der Waals surface area contributed by atoms with Gasteiger partial charge in [-0.3, -0.25) is 9.59 Å². The van der Waals surface area contributed by atoms with Gasteiger partial charge in [-0.15, -0.1) is 13.2 Å². The Bertz CT molecular complexity index is 398. The van der Waals surface area contributed by atoms with Crippen LogP contribution in [0.5, 0.6) is 0 Å². The lowest BCUT2D eigenvalue weighted by molar-refractivity contribution is -0.142. The molecule has 0 radical (unpaired) electrons. The first-order chi connectivity index (χ1) is 15.8. The number of carbonyl (C=O) groups is 2. The third kappa shape index (κ3) is 59.0. The highest BCUT2D eigenvalue weighted by molar-refractivity contribution is 6.62. The van der Waals surface area contributed by atoms with Crippen molar-refractivity contribution >= 4 is 22.8 Å². The van der Waals surface area contributed by atoms with Crippen LogP contribution in [-0.2, 0) is 28.5 Å². The number of hydrogen-bond donors (Lipinski definition) is 1. The molecule has 1 aliphatic rings. The van der Waals surface area contributed by atoms with Crippen molar-refractivity contribution in [2.45, 2.75) is 47.5 Å². The lowest BCUT2D eigenvalue weighted by Crippen LogP contribution is -2.21. The molecule has 9 heteroatoms. The van der Waals surface area contributed by atoms with Crippen molar-refractivity contribution in [3.05, 3.63) is 25.3 Å². The number of halogens is 1. The maximum absolute atomic E-state index is 10.2. The first-order valence-corrected chi connectivity index (χ1v) is 11.7. The highest BCUT2D eigenvalue weighted by atomic mass is 35.5. The average Bonchev–Trinajstić information content (AvgIpc) is 3.36. The van der Waals surface area contributed by atoms with E-state index < -0.39 is 0 Å².